The highest BCUT2D eigenvalue weighted by molar-refractivity contribution is 7.09. The van der Waals surface area contributed by atoms with Crippen molar-refractivity contribution in [3.8, 4) is 0 Å². The molecule has 0 amide bonds. The zero-order valence-corrected chi connectivity index (χ0v) is 11.1. The third kappa shape index (κ3) is 3.90. The molecular formula is C11H20N4OS. The molecule has 96 valence electrons. The van der Waals surface area contributed by atoms with E-state index < -0.39 is 0 Å². The Hall–Kier alpha value is -0.720. The van der Waals surface area contributed by atoms with Crippen molar-refractivity contribution >= 4 is 16.7 Å². The molecule has 1 aromatic rings. The Bertz CT molecular complexity index is 306. The molecule has 0 spiro atoms. The van der Waals surface area contributed by atoms with Crippen LogP contribution in [0.5, 0.6) is 0 Å². The van der Waals surface area contributed by atoms with Gasteiger partial charge >= 0.3 is 0 Å². The fourth-order valence-electron chi connectivity index (χ4n) is 2.19. The molecule has 1 aliphatic rings. The molecule has 2 rings (SSSR count). The number of ether oxygens (including phenoxy) is 1. The first kappa shape index (κ1) is 12.7. The Labute approximate surface area is 106 Å². The summed E-state index contributed by atoms with van der Waals surface area (Å²) in [6, 6.07) is 0. The van der Waals surface area contributed by atoms with Crippen LogP contribution in [0.4, 0.5) is 5.13 Å². The summed E-state index contributed by atoms with van der Waals surface area (Å²) in [6.45, 7) is 5.00. The zero-order chi connectivity index (χ0) is 11.9. The third-order valence-electron chi connectivity index (χ3n) is 3.06. The van der Waals surface area contributed by atoms with Crippen LogP contribution in [0.2, 0.25) is 0 Å². The maximum Gasteiger partial charge on any atom is 0.204 e. The number of nitrogens with zero attached hydrogens (tertiary/aromatic N) is 3. The van der Waals surface area contributed by atoms with E-state index in [1.807, 2.05) is 0 Å². The molecule has 0 saturated carbocycles. The van der Waals surface area contributed by atoms with Crippen molar-refractivity contribution in [3.05, 3.63) is 6.33 Å². The summed E-state index contributed by atoms with van der Waals surface area (Å²) in [5.74, 6) is 0.713. The Morgan fingerprint density at radius 3 is 3.35 bits per heavy atom. The van der Waals surface area contributed by atoms with E-state index in [0.29, 0.717) is 5.92 Å². The van der Waals surface area contributed by atoms with Gasteiger partial charge in [-0.05, 0) is 25.3 Å². The van der Waals surface area contributed by atoms with Gasteiger partial charge in [0.15, 0.2) is 0 Å². The Morgan fingerprint density at radius 1 is 1.65 bits per heavy atom. The maximum atomic E-state index is 5.02. The highest BCUT2D eigenvalue weighted by Crippen LogP contribution is 2.23. The van der Waals surface area contributed by atoms with Gasteiger partial charge in [0.25, 0.3) is 0 Å². The summed E-state index contributed by atoms with van der Waals surface area (Å²) in [5.41, 5.74) is 0. The van der Waals surface area contributed by atoms with Gasteiger partial charge in [-0.25, -0.2) is 4.98 Å². The van der Waals surface area contributed by atoms with Crippen LogP contribution in [0.3, 0.4) is 0 Å². The Morgan fingerprint density at radius 2 is 2.59 bits per heavy atom. The molecule has 0 aromatic carbocycles. The van der Waals surface area contributed by atoms with Gasteiger partial charge in [-0.1, -0.05) is 0 Å². The zero-order valence-electron chi connectivity index (χ0n) is 10.3. The molecule has 6 heteroatoms. The number of hydrogen-bond donors (Lipinski definition) is 1. The van der Waals surface area contributed by atoms with Crippen LogP contribution in [0.15, 0.2) is 6.33 Å². The molecule has 1 unspecified atom stereocenters. The number of nitrogens with one attached hydrogen (secondary N) is 1. The summed E-state index contributed by atoms with van der Waals surface area (Å²) in [5, 5.41) is 4.50. The molecular weight excluding hydrogens is 236 g/mol. The second-order valence-electron chi connectivity index (χ2n) is 4.38. The number of hydrogen-bond acceptors (Lipinski definition) is 6. The largest absolute Gasteiger partial charge is 0.383 e. The first-order chi connectivity index (χ1) is 8.40. The second kappa shape index (κ2) is 6.88. The van der Waals surface area contributed by atoms with Crippen LogP contribution >= 0.6 is 11.5 Å². The number of anilines is 1. The molecule has 1 saturated heterocycles. The molecule has 0 aliphatic carbocycles. The summed E-state index contributed by atoms with van der Waals surface area (Å²) in [7, 11) is 1.74. The SMILES string of the molecule is COCCNCC1CCCN(c2ncns2)C1. The number of rotatable bonds is 6. The molecule has 17 heavy (non-hydrogen) atoms. The maximum absolute atomic E-state index is 5.02. The average molecular weight is 256 g/mol. The van der Waals surface area contributed by atoms with Crippen LogP contribution in [-0.4, -0.2) is 49.3 Å². The molecule has 1 fully saturated rings. The molecule has 5 nitrogen and oxygen atoms in total. The fourth-order valence-corrected chi connectivity index (χ4v) is 2.76. The summed E-state index contributed by atoms with van der Waals surface area (Å²) in [4.78, 5) is 6.63. The topological polar surface area (TPSA) is 50.3 Å². The van der Waals surface area contributed by atoms with E-state index >= 15 is 0 Å². The van der Waals surface area contributed by atoms with Crippen molar-refractivity contribution in [1.82, 2.24) is 14.7 Å². The van der Waals surface area contributed by atoms with E-state index in [-0.39, 0.29) is 0 Å². The van der Waals surface area contributed by atoms with E-state index in [1.54, 1.807) is 13.4 Å². The lowest BCUT2D eigenvalue weighted by Crippen LogP contribution is -2.40. The molecule has 1 N–H and O–H groups in total. The van der Waals surface area contributed by atoms with E-state index in [1.165, 1.54) is 24.4 Å². The predicted molar refractivity (Wildman–Crippen MR) is 69.6 cm³/mol. The van der Waals surface area contributed by atoms with Crippen LogP contribution in [-0.2, 0) is 4.74 Å². The molecule has 1 atom stereocenters. The first-order valence-electron chi connectivity index (χ1n) is 6.11. The van der Waals surface area contributed by atoms with Crippen molar-refractivity contribution in [2.24, 2.45) is 5.92 Å². The lowest BCUT2D eigenvalue weighted by atomic mass is 9.98. The Kier molecular flexibility index (Phi) is 5.15. The van der Waals surface area contributed by atoms with Gasteiger partial charge in [0, 0.05) is 38.3 Å². The Balaban J connectivity index is 1.73. The normalized spacial score (nSPS) is 20.8. The smallest absolute Gasteiger partial charge is 0.204 e. The molecule has 1 aromatic heterocycles. The van der Waals surface area contributed by atoms with Gasteiger partial charge in [0.05, 0.1) is 6.61 Å². The quantitative estimate of drug-likeness (QED) is 0.769. The molecule has 1 aliphatic heterocycles. The van der Waals surface area contributed by atoms with Crippen molar-refractivity contribution in [2.75, 3.05) is 44.8 Å². The van der Waals surface area contributed by atoms with E-state index in [9.17, 15) is 0 Å². The van der Waals surface area contributed by atoms with Gasteiger partial charge in [-0.15, -0.1) is 0 Å². The monoisotopic (exact) mass is 256 g/mol. The second-order valence-corrected chi connectivity index (χ2v) is 5.13. The van der Waals surface area contributed by atoms with Crippen molar-refractivity contribution in [2.45, 2.75) is 12.8 Å². The number of piperidine rings is 1. The van der Waals surface area contributed by atoms with Crippen molar-refractivity contribution in [3.63, 3.8) is 0 Å². The summed E-state index contributed by atoms with van der Waals surface area (Å²) in [6.07, 6.45) is 4.19. The number of aromatic nitrogens is 2. The van der Waals surface area contributed by atoms with E-state index in [4.69, 9.17) is 4.74 Å². The molecule has 0 bridgehead atoms. The minimum atomic E-state index is 0.713. The van der Waals surface area contributed by atoms with Gasteiger partial charge in [-0.2, -0.15) is 4.37 Å². The van der Waals surface area contributed by atoms with Crippen LogP contribution in [0.1, 0.15) is 12.8 Å². The highest BCUT2D eigenvalue weighted by Gasteiger charge is 2.21. The van der Waals surface area contributed by atoms with E-state index in [2.05, 4.69) is 19.6 Å². The lowest BCUT2D eigenvalue weighted by molar-refractivity contribution is 0.197. The van der Waals surface area contributed by atoms with Crippen LogP contribution in [0.25, 0.3) is 0 Å². The lowest BCUT2D eigenvalue weighted by Gasteiger charge is -2.32. The molecule has 0 radical (unpaired) electrons. The standard InChI is InChI=1S/C11H20N4OS/c1-16-6-4-12-7-10-3-2-5-15(8-10)11-13-9-14-17-11/h9-10,12H,2-8H2,1H3. The third-order valence-corrected chi connectivity index (χ3v) is 3.78. The fraction of sp³-hybridized carbons (Fsp3) is 0.818. The average Bonchev–Trinajstić information content (AvgIpc) is 2.89. The van der Waals surface area contributed by atoms with Crippen LogP contribution in [0, 0.1) is 5.92 Å². The van der Waals surface area contributed by atoms with Crippen molar-refractivity contribution < 1.29 is 4.74 Å². The minimum Gasteiger partial charge on any atom is -0.383 e. The predicted octanol–water partition coefficient (Wildman–Crippen LogP) is 0.990. The van der Waals surface area contributed by atoms with Gasteiger partial charge < -0.3 is 15.0 Å². The summed E-state index contributed by atoms with van der Waals surface area (Å²) < 4.78 is 9.09. The minimum absolute atomic E-state index is 0.713. The van der Waals surface area contributed by atoms with Crippen molar-refractivity contribution in [1.29, 1.82) is 0 Å². The highest BCUT2D eigenvalue weighted by atomic mass is 32.1. The van der Waals surface area contributed by atoms with E-state index in [0.717, 1.165) is 37.9 Å². The summed E-state index contributed by atoms with van der Waals surface area (Å²) >= 11 is 1.49. The molecule has 2 heterocycles. The van der Waals surface area contributed by atoms with Gasteiger partial charge in [0.1, 0.15) is 6.33 Å². The van der Waals surface area contributed by atoms with Crippen LogP contribution < -0.4 is 10.2 Å². The van der Waals surface area contributed by atoms with Gasteiger partial charge in [-0.3, -0.25) is 0 Å². The number of methoxy groups -OCH3 is 1. The first-order valence-corrected chi connectivity index (χ1v) is 6.88. The van der Waals surface area contributed by atoms with Gasteiger partial charge in [0.2, 0.25) is 5.13 Å².